The van der Waals surface area contributed by atoms with Gasteiger partial charge in [-0.15, -0.1) is 0 Å². The fourth-order valence-electron chi connectivity index (χ4n) is 5.76. The van der Waals surface area contributed by atoms with E-state index in [1.807, 2.05) is 44.2 Å². The molecule has 40 heavy (non-hydrogen) atoms. The van der Waals surface area contributed by atoms with Gasteiger partial charge in [-0.25, -0.2) is 4.79 Å². The van der Waals surface area contributed by atoms with E-state index in [0.29, 0.717) is 23.4 Å². The Bertz CT molecular complexity index is 1340. The van der Waals surface area contributed by atoms with Crippen molar-refractivity contribution in [3.63, 3.8) is 0 Å². The first kappa shape index (κ1) is 27.2. The van der Waals surface area contributed by atoms with E-state index >= 15 is 0 Å². The lowest BCUT2D eigenvalue weighted by molar-refractivity contribution is -0.142. The van der Waals surface area contributed by atoms with Gasteiger partial charge in [0.05, 0.1) is 5.41 Å². The Morgan fingerprint density at radius 1 is 1.15 bits per heavy atom. The van der Waals surface area contributed by atoms with E-state index in [1.165, 1.54) is 9.80 Å². The largest absolute Gasteiger partial charge is 0.490 e. The summed E-state index contributed by atoms with van der Waals surface area (Å²) in [5, 5.41) is 2.90. The smallest absolute Gasteiger partial charge is 0.411 e. The summed E-state index contributed by atoms with van der Waals surface area (Å²) in [7, 11) is 0. The Morgan fingerprint density at radius 3 is 2.65 bits per heavy atom. The molecular formula is C30H34N4O6. The number of carbonyl (C=O) groups excluding carboxylic acids is 4. The van der Waals surface area contributed by atoms with E-state index in [1.54, 1.807) is 30.4 Å². The van der Waals surface area contributed by atoms with Crippen LogP contribution in [0.2, 0.25) is 0 Å². The molecule has 5 rings (SSSR count). The molecule has 210 valence electrons. The van der Waals surface area contributed by atoms with Gasteiger partial charge in [0.15, 0.2) is 0 Å². The molecule has 4 bridgehead atoms. The topological polar surface area (TPSA) is 131 Å². The molecule has 3 aliphatic rings. The Morgan fingerprint density at radius 2 is 1.93 bits per heavy atom. The van der Waals surface area contributed by atoms with Gasteiger partial charge in [0.1, 0.15) is 31.0 Å². The summed E-state index contributed by atoms with van der Waals surface area (Å²) in [6.45, 7) is 4.22. The lowest BCUT2D eigenvalue weighted by Gasteiger charge is -2.35. The fraction of sp³-hybridized carbons (Fsp3) is 0.400. The first-order chi connectivity index (χ1) is 19.2. The number of hydrogen-bond acceptors (Lipinski definition) is 6. The third-order valence-corrected chi connectivity index (χ3v) is 7.77. The monoisotopic (exact) mass is 546 g/mol. The van der Waals surface area contributed by atoms with Crippen molar-refractivity contribution in [2.24, 2.45) is 11.7 Å². The van der Waals surface area contributed by atoms with Gasteiger partial charge in [-0.1, -0.05) is 50.3 Å². The van der Waals surface area contributed by atoms with Gasteiger partial charge in [0.2, 0.25) is 17.7 Å². The molecular weight excluding hydrogens is 512 g/mol. The maximum atomic E-state index is 14.3. The zero-order valence-corrected chi connectivity index (χ0v) is 22.7. The Balaban J connectivity index is 1.54. The molecule has 1 saturated heterocycles. The molecule has 2 aromatic carbocycles. The molecule has 0 aliphatic carbocycles. The number of primary amides is 1. The minimum absolute atomic E-state index is 0.0335. The molecule has 0 aromatic heterocycles. The van der Waals surface area contributed by atoms with Crippen LogP contribution >= 0.6 is 0 Å². The van der Waals surface area contributed by atoms with Crippen LogP contribution in [0.1, 0.15) is 37.8 Å². The van der Waals surface area contributed by atoms with E-state index in [9.17, 15) is 19.2 Å². The highest BCUT2D eigenvalue weighted by Crippen LogP contribution is 2.48. The van der Waals surface area contributed by atoms with Crippen LogP contribution in [-0.2, 0) is 31.1 Å². The van der Waals surface area contributed by atoms with Crippen LogP contribution in [-0.4, -0.2) is 65.4 Å². The number of ether oxygens (including phenoxy) is 2. The van der Waals surface area contributed by atoms with Crippen LogP contribution in [0.4, 0.5) is 10.5 Å². The number of rotatable bonds is 5. The number of nitrogens with zero attached hydrogens (tertiary/aromatic N) is 2. The van der Waals surface area contributed by atoms with Crippen LogP contribution in [0, 0.1) is 5.92 Å². The lowest BCUT2D eigenvalue weighted by Crippen LogP contribution is -2.55. The highest BCUT2D eigenvalue weighted by Gasteiger charge is 2.58. The van der Waals surface area contributed by atoms with E-state index in [-0.39, 0.29) is 44.5 Å². The second-order valence-corrected chi connectivity index (χ2v) is 11.0. The van der Waals surface area contributed by atoms with Gasteiger partial charge in [0, 0.05) is 18.8 Å². The number of hydrogen-bond donors (Lipinski definition) is 2. The fourth-order valence-corrected chi connectivity index (χ4v) is 5.76. The zero-order valence-electron chi connectivity index (χ0n) is 22.7. The Hall–Kier alpha value is -4.34. The summed E-state index contributed by atoms with van der Waals surface area (Å²) in [5.74, 6) is -0.859. The van der Waals surface area contributed by atoms with Crippen molar-refractivity contribution in [1.82, 2.24) is 9.80 Å². The van der Waals surface area contributed by atoms with Gasteiger partial charge >= 0.3 is 6.09 Å². The van der Waals surface area contributed by atoms with Crippen LogP contribution in [0.5, 0.6) is 5.75 Å². The molecule has 0 saturated carbocycles. The second-order valence-electron chi connectivity index (χ2n) is 11.0. The summed E-state index contributed by atoms with van der Waals surface area (Å²) >= 11 is 0. The van der Waals surface area contributed by atoms with Crippen LogP contribution < -0.4 is 15.8 Å². The van der Waals surface area contributed by atoms with E-state index in [0.717, 1.165) is 5.56 Å². The van der Waals surface area contributed by atoms with Crippen LogP contribution in [0.15, 0.2) is 60.7 Å². The highest BCUT2D eigenvalue weighted by atomic mass is 16.6. The van der Waals surface area contributed by atoms with E-state index in [2.05, 4.69) is 5.32 Å². The van der Waals surface area contributed by atoms with Gasteiger partial charge in [-0.3, -0.25) is 19.3 Å². The maximum Gasteiger partial charge on any atom is 0.411 e. The predicted molar refractivity (Wildman–Crippen MR) is 147 cm³/mol. The van der Waals surface area contributed by atoms with Crippen molar-refractivity contribution in [3.8, 4) is 5.75 Å². The molecule has 1 fully saturated rings. The Kier molecular flexibility index (Phi) is 7.51. The number of nitrogens with two attached hydrogens (primary N) is 1. The summed E-state index contributed by atoms with van der Waals surface area (Å²) in [5.41, 5.74) is 6.74. The van der Waals surface area contributed by atoms with Crippen molar-refractivity contribution >= 4 is 29.5 Å². The molecule has 4 amide bonds. The number of amides is 4. The SMILES string of the molecule is CC(C)C[C@H]1C(=O)N2C[C@]3(C[C@H]2C(N)=O)C(=O)Nc2ccc(cc23)OC/C=C/CN1C(=O)OCc1ccccc1. The van der Waals surface area contributed by atoms with Crippen molar-refractivity contribution in [2.45, 2.75) is 50.8 Å². The van der Waals surface area contributed by atoms with Gasteiger partial charge in [-0.05, 0) is 54.2 Å². The van der Waals surface area contributed by atoms with Crippen molar-refractivity contribution in [3.05, 3.63) is 71.8 Å². The average molecular weight is 547 g/mol. The first-order valence-electron chi connectivity index (χ1n) is 13.5. The molecule has 0 radical (unpaired) electrons. The molecule has 3 N–H and O–H groups in total. The number of benzene rings is 2. The van der Waals surface area contributed by atoms with Gasteiger partial charge in [-0.2, -0.15) is 0 Å². The lowest BCUT2D eigenvalue weighted by atomic mass is 9.79. The van der Waals surface area contributed by atoms with Gasteiger partial charge < -0.3 is 25.4 Å². The standard InChI is InChI=1S/C30H34N4O6/c1-19(2)14-24-27(36)34-18-30(16-25(34)26(31)35)22-15-21(10-11-23(22)32-28(30)37)39-13-7-6-12-33(24)29(38)40-17-20-8-4-3-5-9-20/h3-11,15,19,24-25H,12-14,16-18H2,1-2H3,(H2,31,35)(H,32,37)/b7-6+/t24-,25-,30-/m0/s1. The number of anilines is 1. The highest BCUT2D eigenvalue weighted by molar-refractivity contribution is 6.08. The second kappa shape index (κ2) is 11.0. The maximum absolute atomic E-state index is 14.3. The predicted octanol–water partition coefficient (Wildman–Crippen LogP) is 2.96. The first-order valence-corrected chi connectivity index (χ1v) is 13.5. The molecule has 2 aromatic rings. The number of nitrogens with one attached hydrogen (secondary N) is 1. The summed E-state index contributed by atoms with van der Waals surface area (Å²) in [6.07, 6.45) is 3.24. The molecule has 1 spiro atoms. The van der Waals surface area contributed by atoms with E-state index in [4.69, 9.17) is 15.2 Å². The van der Waals surface area contributed by atoms with Crippen LogP contribution in [0.25, 0.3) is 0 Å². The molecule has 3 aliphatic heterocycles. The molecule has 0 unspecified atom stereocenters. The van der Waals surface area contributed by atoms with E-state index < -0.39 is 35.4 Å². The molecule has 3 heterocycles. The number of fused-ring (bicyclic) bond motifs is 2. The summed E-state index contributed by atoms with van der Waals surface area (Å²) in [4.78, 5) is 56.7. The van der Waals surface area contributed by atoms with Gasteiger partial charge in [0.25, 0.3) is 0 Å². The third-order valence-electron chi connectivity index (χ3n) is 7.77. The zero-order chi connectivity index (χ0) is 28.4. The molecule has 10 nitrogen and oxygen atoms in total. The molecule has 10 heteroatoms. The van der Waals surface area contributed by atoms with Crippen molar-refractivity contribution in [1.29, 1.82) is 0 Å². The third kappa shape index (κ3) is 5.13. The normalized spacial score (nSPS) is 24.8. The van der Waals surface area contributed by atoms with Crippen LogP contribution in [0.3, 0.4) is 0 Å². The average Bonchev–Trinajstić information content (AvgIpc) is 3.47. The summed E-state index contributed by atoms with van der Waals surface area (Å²) < 4.78 is 11.6. The summed E-state index contributed by atoms with van der Waals surface area (Å²) in [6, 6.07) is 12.6. The minimum atomic E-state index is -1.16. The minimum Gasteiger partial charge on any atom is -0.490 e. The quantitative estimate of drug-likeness (QED) is 0.555. The number of carbonyl (C=O) groups is 4. The Labute approximate surface area is 233 Å². The van der Waals surface area contributed by atoms with Crippen molar-refractivity contribution in [2.75, 3.05) is 25.0 Å². The molecule has 3 atom stereocenters. The van der Waals surface area contributed by atoms with Crippen molar-refractivity contribution < 1.29 is 28.7 Å².